The van der Waals surface area contributed by atoms with Gasteiger partial charge in [0.2, 0.25) is 0 Å². The molecule has 0 atom stereocenters. The van der Waals surface area contributed by atoms with E-state index in [9.17, 15) is 5.26 Å². The summed E-state index contributed by atoms with van der Waals surface area (Å²) in [7, 11) is 6.27. The Bertz CT molecular complexity index is 246. The van der Waals surface area contributed by atoms with Gasteiger partial charge in [0, 0.05) is 6.04 Å². The van der Waals surface area contributed by atoms with Crippen LogP contribution in [-0.2, 0) is 0 Å². The summed E-state index contributed by atoms with van der Waals surface area (Å²) in [5, 5.41) is 9.33. The zero-order chi connectivity index (χ0) is 12.2. The van der Waals surface area contributed by atoms with E-state index in [-0.39, 0.29) is 5.54 Å². The Hall–Kier alpha value is -0.590. The number of nitriles is 1. The van der Waals surface area contributed by atoms with Crippen molar-refractivity contribution in [3.63, 3.8) is 0 Å². The molecule has 1 aliphatic rings. The quantitative estimate of drug-likeness (QED) is 0.731. The van der Waals surface area contributed by atoms with Crippen LogP contribution in [0.25, 0.3) is 0 Å². The average molecular weight is 223 g/mol. The van der Waals surface area contributed by atoms with Gasteiger partial charge in [0.1, 0.15) is 5.54 Å². The second kappa shape index (κ2) is 5.65. The maximum Gasteiger partial charge on any atom is 0.108 e. The summed E-state index contributed by atoms with van der Waals surface area (Å²) in [4.78, 5) is 4.56. The first-order chi connectivity index (χ1) is 7.55. The Balaban J connectivity index is 2.53. The normalized spacial score (nSPS) is 30.7. The number of rotatable bonds is 4. The number of hydrogen-bond acceptors (Lipinski definition) is 3. The first kappa shape index (κ1) is 13.5. The van der Waals surface area contributed by atoms with E-state index >= 15 is 0 Å². The van der Waals surface area contributed by atoms with Crippen LogP contribution in [0.5, 0.6) is 0 Å². The van der Waals surface area contributed by atoms with Gasteiger partial charge in [-0.15, -0.1) is 0 Å². The highest BCUT2D eigenvalue weighted by molar-refractivity contribution is 5.09. The van der Waals surface area contributed by atoms with Gasteiger partial charge in [0.05, 0.1) is 6.07 Å². The second-order valence-electron chi connectivity index (χ2n) is 5.25. The van der Waals surface area contributed by atoms with Crippen LogP contribution in [0.15, 0.2) is 0 Å². The van der Waals surface area contributed by atoms with Crippen molar-refractivity contribution in [2.24, 2.45) is 0 Å². The maximum absolute atomic E-state index is 9.33. The summed E-state index contributed by atoms with van der Waals surface area (Å²) < 4.78 is 0. The van der Waals surface area contributed by atoms with Crippen LogP contribution in [0, 0.1) is 11.3 Å². The van der Waals surface area contributed by atoms with E-state index in [1.165, 1.54) is 13.0 Å². The predicted octanol–water partition coefficient (Wildman–Crippen LogP) is 2.09. The highest BCUT2D eigenvalue weighted by Gasteiger charge is 2.38. The lowest BCUT2D eigenvalue weighted by Gasteiger charge is -2.42. The minimum atomic E-state index is -0.205. The fourth-order valence-corrected chi connectivity index (χ4v) is 2.72. The molecular weight excluding hydrogens is 198 g/mol. The standard InChI is InChI=1S/C13H25N3/c1-5-10-16(4)12-6-8-13(11-14,9-7-12)15(2)3/h12H,5-10H2,1-4H3. The minimum absolute atomic E-state index is 0.205. The van der Waals surface area contributed by atoms with Crippen molar-refractivity contribution in [3.05, 3.63) is 0 Å². The van der Waals surface area contributed by atoms with Crippen molar-refractivity contribution >= 4 is 0 Å². The first-order valence-corrected chi connectivity index (χ1v) is 6.34. The zero-order valence-corrected chi connectivity index (χ0v) is 11.2. The maximum atomic E-state index is 9.33. The molecule has 0 amide bonds. The Morgan fingerprint density at radius 2 is 1.81 bits per heavy atom. The molecule has 3 nitrogen and oxygen atoms in total. The SMILES string of the molecule is CCCN(C)C1CCC(C#N)(N(C)C)CC1. The molecule has 0 aromatic carbocycles. The highest BCUT2D eigenvalue weighted by atomic mass is 15.2. The summed E-state index contributed by atoms with van der Waals surface area (Å²) in [6.45, 7) is 3.39. The summed E-state index contributed by atoms with van der Waals surface area (Å²) >= 11 is 0. The van der Waals surface area contributed by atoms with Gasteiger partial charge in [0.15, 0.2) is 0 Å². The lowest BCUT2D eigenvalue weighted by molar-refractivity contribution is 0.0989. The van der Waals surface area contributed by atoms with Crippen LogP contribution in [-0.4, -0.2) is 49.1 Å². The number of nitrogens with zero attached hydrogens (tertiary/aromatic N) is 3. The third-order valence-electron chi connectivity index (χ3n) is 4.05. The fourth-order valence-electron chi connectivity index (χ4n) is 2.72. The van der Waals surface area contributed by atoms with Crippen molar-refractivity contribution in [1.82, 2.24) is 9.80 Å². The van der Waals surface area contributed by atoms with Gasteiger partial charge in [-0.05, 0) is 59.8 Å². The molecule has 0 N–H and O–H groups in total. The molecule has 3 heteroatoms. The second-order valence-corrected chi connectivity index (χ2v) is 5.25. The van der Waals surface area contributed by atoms with E-state index in [1.807, 2.05) is 14.1 Å². The molecule has 0 aromatic rings. The van der Waals surface area contributed by atoms with Gasteiger partial charge in [-0.1, -0.05) is 6.92 Å². The van der Waals surface area contributed by atoms with E-state index in [0.717, 1.165) is 25.7 Å². The molecule has 1 rings (SSSR count). The molecule has 0 saturated heterocycles. The van der Waals surface area contributed by atoms with E-state index in [0.29, 0.717) is 6.04 Å². The van der Waals surface area contributed by atoms with Crippen molar-refractivity contribution in [2.75, 3.05) is 27.7 Å². The highest BCUT2D eigenvalue weighted by Crippen LogP contribution is 2.33. The lowest BCUT2D eigenvalue weighted by Crippen LogP contribution is -2.49. The van der Waals surface area contributed by atoms with Crippen LogP contribution < -0.4 is 0 Å². The van der Waals surface area contributed by atoms with Crippen LogP contribution >= 0.6 is 0 Å². The molecule has 0 heterocycles. The van der Waals surface area contributed by atoms with Gasteiger partial charge in [-0.25, -0.2) is 0 Å². The molecule has 0 spiro atoms. The van der Waals surface area contributed by atoms with Gasteiger partial charge in [0.25, 0.3) is 0 Å². The Labute approximate surface area is 100 Å². The molecule has 0 aromatic heterocycles. The summed E-state index contributed by atoms with van der Waals surface area (Å²) in [6.07, 6.45) is 5.54. The molecule has 0 aliphatic heterocycles. The van der Waals surface area contributed by atoms with E-state index in [1.54, 1.807) is 0 Å². The third-order valence-corrected chi connectivity index (χ3v) is 4.05. The zero-order valence-electron chi connectivity index (χ0n) is 11.2. The molecule has 1 saturated carbocycles. The topological polar surface area (TPSA) is 30.3 Å². The number of hydrogen-bond donors (Lipinski definition) is 0. The Kier molecular flexibility index (Phi) is 4.76. The van der Waals surface area contributed by atoms with E-state index in [4.69, 9.17) is 0 Å². The van der Waals surface area contributed by atoms with Crippen LogP contribution in [0.3, 0.4) is 0 Å². The summed E-state index contributed by atoms with van der Waals surface area (Å²) in [6, 6.07) is 3.20. The van der Waals surface area contributed by atoms with Crippen molar-refractivity contribution in [2.45, 2.75) is 50.6 Å². The van der Waals surface area contributed by atoms with Gasteiger partial charge < -0.3 is 4.90 Å². The average Bonchev–Trinajstić information content (AvgIpc) is 2.29. The van der Waals surface area contributed by atoms with E-state index < -0.39 is 0 Å². The molecule has 0 radical (unpaired) electrons. The molecule has 1 aliphatic carbocycles. The van der Waals surface area contributed by atoms with Crippen LogP contribution in [0.2, 0.25) is 0 Å². The smallest absolute Gasteiger partial charge is 0.108 e. The van der Waals surface area contributed by atoms with Crippen LogP contribution in [0.1, 0.15) is 39.0 Å². The lowest BCUT2D eigenvalue weighted by atomic mass is 9.79. The third kappa shape index (κ3) is 2.75. The Morgan fingerprint density at radius 1 is 1.25 bits per heavy atom. The molecule has 1 fully saturated rings. The molecular formula is C13H25N3. The van der Waals surface area contributed by atoms with Gasteiger partial charge in [-0.3, -0.25) is 4.90 Å². The predicted molar refractivity (Wildman–Crippen MR) is 67.2 cm³/mol. The summed E-state index contributed by atoms with van der Waals surface area (Å²) in [5.74, 6) is 0. The van der Waals surface area contributed by atoms with Crippen LogP contribution in [0.4, 0.5) is 0 Å². The van der Waals surface area contributed by atoms with Crippen molar-refractivity contribution in [1.29, 1.82) is 5.26 Å². The molecule has 0 unspecified atom stereocenters. The molecule has 0 bridgehead atoms. The largest absolute Gasteiger partial charge is 0.303 e. The molecule has 16 heavy (non-hydrogen) atoms. The fraction of sp³-hybridized carbons (Fsp3) is 0.923. The van der Waals surface area contributed by atoms with Crippen molar-refractivity contribution in [3.8, 4) is 6.07 Å². The van der Waals surface area contributed by atoms with Gasteiger partial charge in [-0.2, -0.15) is 5.26 Å². The molecule has 92 valence electrons. The minimum Gasteiger partial charge on any atom is -0.303 e. The Morgan fingerprint density at radius 3 is 2.19 bits per heavy atom. The summed E-state index contributed by atoms with van der Waals surface area (Å²) in [5.41, 5.74) is -0.205. The van der Waals surface area contributed by atoms with Gasteiger partial charge >= 0.3 is 0 Å². The van der Waals surface area contributed by atoms with Crippen molar-refractivity contribution < 1.29 is 0 Å². The monoisotopic (exact) mass is 223 g/mol. The van der Waals surface area contributed by atoms with E-state index in [2.05, 4.69) is 29.8 Å². The first-order valence-electron chi connectivity index (χ1n) is 6.34.